The van der Waals surface area contributed by atoms with Crippen molar-refractivity contribution in [3.05, 3.63) is 51.1 Å². The van der Waals surface area contributed by atoms with E-state index < -0.39 is 0 Å². The number of benzene rings is 1. The summed E-state index contributed by atoms with van der Waals surface area (Å²) in [5.74, 6) is 0.698. The standard InChI is InChI=1S/C16H14INO2S/c1-10-5-6-11(8-12(10)17)18(2)13-9-20-16(15(13)19)14-4-3-7-21-14/h3-9,19H,1-2H3. The summed E-state index contributed by atoms with van der Waals surface area (Å²) in [4.78, 5) is 2.85. The molecular weight excluding hydrogens is 397 g/mol. The lowest BCUT2D eigenvalue weighted by atomic mass is 10.2. The Balaban J connectivity index is 1.98. The SMILES string of the molecule is Cc1ccc(N(C)c2coc(-c3cccs3)c2O)cc1I. The van der Waals surface area contributed by atoms with E-state index in [-0.39, 0.29) is 5.75 Å². The molecular formula is C16H14INO2S. The molecule has 0 atom stereocenters. The highest BCUT2D eigenvalue weighted by Gasteiger charge is 2.19. The molecule has 0 spiro atoms. The monoisotopic (exact) mass is 411 g/mol. The van der Waals surface area contributed by atoms with Crippen LogP contribution in [0.25, 0.3) is 10.6 Å². The Morgan fingerprint density at radius 1 is 1.29 bits per heavy atom. The van der Waals surface area contributed by atoms with Crippen LogP contribution in [-0.2, 0) is 0 Å². The molecule has 0 amide bonds. The van der Waals surface area contributed by atoms with Crippen molar-refractivity contribution in [2.45, 2.75) is 6.92 Å². The molecule has 1 aromatic carbocycles. The Kier molecular flexibility index (Phi) is 3.95. The van der Waals surface area contributed by atoms with Gasteiger partial charge in [-0.1, -0.05) is 12.1 Å². The Labute approximate surface area is 141 Å². The molecule has 21 heavy (non-hydrogen) atoms. The molecule has 0 bridgehead atoms. The van der Waals surface area contributed by atoms with Crippen LogP contribution in [0, 0.1) is 10.5 Å². The molecule has 0 fully saturated rings. The molecule has 0 aliphatic heterocycles. The van der Waals surface area contributed by atoms with Gasteiger partial charge >= 0.3 is 0 Å². The van der Waals surface area contributed by atoms with Gasteiger partial charge in [-0.2, -0.15) is 0 Å². The molecule has 2 heterocycles. The number of anilines is 2. The van der Waals surface area contributed by atoms with Crippen molar-refractivity contribution in [3.63, 3.8) is 0 Å². The van der Waals surface area contributed by atoms with Crippen LogP contribution in [0.15, 0.2) is 46.4 Å². The van der Waals surface area contributed by atoms with E-state index in [1.54, 1.807) is 17.6 Å². The fourth-order valence-corrected chi connectivity index (χ4v) is 3.30. The lowest BCUT2D eigenvalue weighted by Crippen LogP contribution is -2.08. The van der Waals surface area contributed by atoms with Crippen molar-refractivity contribution in [3.8, 4) is 16.4 Å². The van der Waals surface area contributed by atoms with Crippen molar-refractivity contribution in [1.29, 1.82) is 0 Å². The second-order valence-electron chi connectivity index (χ2n) is 4.77. The number of rotatable bonds is 3. The second-order valence-corrected chi connectivity index (χ2v) is 6.88. The van der Waals surface area contributed by atoms with Crippen LogP contribution in [0.3, 0.4) is 0 Å². The molecule has 5 heteroatoms. The Hall–Kier alpha value is -1.47. The Bertz CT molecular complexity index is 765. The van der Waals surface area contributed by atoms with Crippen molar-refractivity contribution in [1.82, 2.24) is 0 Å². The second kappa shape index (κ2) is 5.73. The number of hydrogen-bond acceptors (Lipinski definition) is 4. The van der Waals surface area contributed by atoms with Crippen LogP contribution in [0.5, 0.6) is 5.75 Å². The predicted molar refractivity (Wildman–Crippen MR) is 95.6 cm³/mol. The summed E-state index contributed by atoms with van der Waals surface area (Å²) >= 11 is 3.86. The molecule has 3 rings (SSSR count). The average Bonchev–Trinajstić information content (AvgIpc) is 3.10. The molecule has 2 aromatic heterocycles. The summed E-state index contributed by atoms with van der Waals surface area (Å²) < 4.78 is 6.75. The first-order valence-electron chi connectivity index (χ1n) is 6.42. The van der Waals surface area contributed by atoms with Crippen molar-refractivity contribution >= 4 is 45.3 Å². The first-order valence-corrected chi connectivity index (χ1v) is 8.38. The van der Waals surface area contributed by atoms with Crippen LogP contribution in [0.2, 0.25) is 0 Å². The topological polar surface area (TPSA) is 36.6 Å². The molecule has 3 nitrogen and oxygen atoms in total. The van der Waals surface area contributed by atoms with Crippen molar-refractivity contribution in [2.24, 2.45) is 0 Å². The molecule has 0 saturated carbocycles. The van der Waals surface area contributed by atoms with E-state index in [2.05, 4.69) is 41.6 Å². The Morgan fingerprint density at radius 3 is 2.76 bits per heavy atom. The van der Waals surface area contributed by atoms with Gasteiger partial charge in [-0.3, -0.25) is 0 Å². The molecule has 0 unspecified atom stereocenters. The first-order chi connectivity index (χ1) is 10.1. The smallest absolute Gasteiger partial charge is 0.187 e. The molecule has 1 N–H and O–H groups in total. The van der Waals surface area contributed by atoms with Gasteiger partial charge in [0.15, 0.2) is 11.5 Å². The van der Waals surface area contributed by atoms with Gasteiger partial charge in [0.05, 0.1) is 4.88 Å². The summed E-state index contributed by atoms with van der Waals surface area (Å²) in [6.45, 7) is 2.08. The van der Waals surface area contributed by atoms with Gasteiger partial charge in [0.1, 0.15) is 12.0 Å². The van der Waals surface area contributed by atoms with E-state index in [0.717, 1.165) is 10.6 Å². The van der Waals surface area contributed by atoms with E-state index in [4.69, 9.17) is 4.42 Å². The molecule has 3 aromatic rings. The number of aromatic hydroxyl groups is 1. The highest BCUT2D eigenvalue weighted by molar-refractivity contribution is 14.1. The third kappa shape index (κ3) is 2.67. The van der Waals surface area contributed by atoms with Crippen molar-refractivity contribution in [2.75, 3.05) is 11.9 Å². The zero-order valence-electron chi connectivity index (χ0n) is 11.6. The normalized spacial score (nSPS) is 10.8. The van der Waals surface area contributed by atoms with Gasteiger partial charge in [0, 0.05) is 16.3 Å². The van der Waals surface area contributed by atoms with Crippen LogP contribution in [-0.4, -0.2) is 12.2 Å². The first kappa shape index (κ1) is 14.5. The predicted octanol–water partition coefficient (Wildman–Crippen LogP) is 5.39. The van der Waals surface area contributed by atoms with Crippen LogP contribution in [0.1, 0.15) is 5.56 Å². The van der Waals surface area contributed by atoms with E-state index in [1.807, 2.05) is 35.5 Å². The number of nitrogens with zero attached hydrogens (tertiary/aromatic N) is 1. The van der Waals surface area contributed by atoms with E-state index in [1.165, 1.54) is 9.13 Å². The number of halogens is 1. The summed E-state index contributed by atoms with van der Waals surface area (Å²) in [5, 5.41) is 12.4. The van der Waals surface area contributed by atoms with Crippen LogP contribution >= 0.6 is 33.9 Å². The zero-order valence-corrected chi connectivity index (χ0v) is 14.6. The van der Waals surface area contributed by atoms with Gasteiger partial charge in [-0.15, -0.1) is 11.3 Å². The summed E-state index contributed by atoms with van der Waals surface area (Å²) in [7, 11) is 1.92. The third-order valence-corrected chi connectivity index (χ3v) is 5.43. The number of hydrogen-bond donors (Lipinski definition) is 1. The molecule has 0 aliphatic carbocycles. The lowest BCUT2D eigenvalue weighted by molar-refractivity contribution is 0.465. The highest BCUT2D eigenvalue weighted by Crippen LogP contribution is 2.43. The van der Waals surface area contributed by atoms with Gasteiger partial charge < -0.3 is 14.4 Å². The van der Waals surface area contributed by atoms with Crippen LogP contribution in [0.4, 0.5) is 11.4 Å². The molecule has 0 radical (unpaired) electrons. The summed E-state index contributed by atoms with van der Waals surface area (Å²) in [6, 6.07) is 10.1. The van der Waals surface area contributed by atoms with E-state index in [0.29, 0.717) is 11.4 Å². The van der Waals surface area contributed by atoms with Gasteiger partial charge in [0.2, 0.25) is 0 Å². The van der Waals surface area contributed by atoms with Gasteiger partial charge in [0.25, 0.3) is 0 Å². The van der Waals surface area contributed by atoms with E-state index >= 15 is 0 Å². The number of furan rings is 1. The van der Waals surface area contributed by atoms with E-state index in [9.17, 15) is 5.11 Å². The lowest BCUT2D eigenvalue weighted by Gasteiger charge is -2.18. The summed E-state index contributed by atoms with van der Waals surface area (Å²) in [5.41, 5.74) is 2.92. The summed E-state index contributed by atoms with van der Waals surface area (Å²) in [6.07, 6.45) is 1.59. The van der Waals surface area contributed by atoms with Gasteiger partial charge in [-0.05, 0) is 58.7 Å². The Morgan fingerprint density at radius 2 is 2.10 bits per heavy atom. The number of aryl methyl sites for hydroxylation is 1. The van der Waals surface area contributed by atoms with Crippen molar-refractivity contribution < 1.29 is 9.52 Å². The maximum Gasteiger partial charge on any atom is 0.187 e. The largest absolute Gasteiger partial charge is 0.503 e. The molecule has 0 aliphatic rings. The molecule has 108 valence electrons. The minimum atomic E-state index is 0.176. The van der Waals surface area contributed by atoms with Crippen LogP contribution < -0.4 is 4.90 Å². The molecule has 0 saturated heterocycles. The zero-order chi connectivity index (χ0) is 15.0. The maximum atomic E-state index is 10.4. The fourth-order valence-electron chi connectivity index (χ4n) is 2.09. The minimum absolute atomic E-state index is 0.176. The quantitative estimate of drug-likeness (QED) is 0.587. The minimum Gasteiger partial charge on any atom is -0.503 e. The van der Waals surface area contributed by atoms with Gasteiger partial charge in [-0.25, -0.2) is 0 Å². The highest BCUT2D eigenvalue weighted by atomic mass is 127. The third-order valence-electron chi connectivity index (χ3n) is 3.40. The fraction of sp³-hybridized carbons (Fsp3) is 0.125. The maximum absolute atomic E-state index is 10.4. The number of thiophene rings is 1. The average molecular weight is 411 g/mol.